The van der Waals surface area contributed by atoms with Gasteiger partial charge in [0.25, 0.3) is 0 Å². The number of thiazole rings is 1. The summed E-state index contributed by atoms with van der Waals surface area (Å²) in [5, 5.41) is 13.0. The van der Waals surface area contributed by atoms with Crippen molar-refractivity contribution in [1.29, 1.82) is 0 Å². The van der Waals surface area contributed by atoms with E-state index in [4.69, 9.17) is 5.11 Å². The smallest absolute Gasteiger partial charge is 0.309 e. The maximum atomic E-state index is 11.7. The number of carbonyl (C=O) groups excluding carboxylic acids is 3. The number of aromatic nitrogens is 1. The van der Waals surface area contributed by atoms with E-state index in [2.05, 4.69) is 10.3 Å². The Morgan fingerprint density at radius 1 is 1.33 bits per heavy atom. The van der Waals surface area contributed by atoms with Crippen molar-refractivity contribution < 1.29 is 24.3 Å². The maximum absolute atomic E-state index is 11.7. The number of hydrogen-bond donors (Lipinski definition) is 2. The van der Waals surface area contributed by atoms with Gasteiger partial charge in [0.1, 0.15) is 0 Å². The third-order valence-electron chi connectivity index (χ3n) is 2.85. The molecule has 0 atom stereocenters. The Balaban J connectivity index is 1.81. The van der Waals surface area contributed by atoms with Crippen molar-refractivity contribution in [1.82, 2.24) is 9.88 Å². The second kappa shape index (κ2) is 6.44. The number of rotatable bonds is 6. The van der Waals surface area contributed by atoms with E-state index in [-0.39, 0.29) is 49.9 Å². The molecule has 0 saturated carbocycles. The molecule has 1 fully saturated rings. The van der Waals surface area contributed by atoms with Crippen molar-refractivity contribution in [3.8, 4) is 0 Å². The summed E-state index contributed by atoms with van der Waals surface area (Å²) < 4.78 is 0. The van der Waals surface area contributed by atoms with Crippen LogP contribution >= 0.6 is 11.3 Å². The second-order valence-electron chi connectivity index (χ2n) is 4.45. The number of carbonyl (C=O) groups is 4. The van der Waals surface area contributed by atoms with E-state index in [9.17, 15) is 19.2 Å². The first-order chi connectivity index (χ1) is 9.95. The van der Waals surface area contributed by atoms with E-state index in [1.807, 2.05) is 0 Å². The zero-order valence-electron chi connectivity index (χ0n) is 11.0. The summed E-state index contributed by atoms with van der Waals surface area (Å²) in [6, 6.07) is 0. The molecule has 0 spiro atoms. The topological polar surface area (TPSA) is 117 Å². The number of hydrogen-bond acceptors (Lipinski definition) is 6. The summed E-state index contributed by atoms with van der Waals surface area (Å²) >= 11 is 1.13. The Morgan fingerprint density at radius 3 is 2.62 bits per heavy atom. The van der Waals surface area contributed by atoms with Crippen LogP contribution in [0.25, 0.3) is 0 Å². The quantitative estimate of drug-likeness (QED) is 0.727. The van der Waals surface area contributed by atoms with Gasteiger partial charge in [-0.1, -0.05) is 0 Å². The predicted octanol–water partition coefficient (Wildman–Crippen LogP) is 0.248. The molecule has 0 aliphatic carbocycles. The van der Waals surface area contributed by atoms with Crippen molar-refractivity contribution in [3.05, 3.63) is 11.1 Å². The van der Waals surface area contributed by atoms with E-state index >= 15 is 0 Å². The standard InChI is InChI=1S/C12H13N3O5S/c16-8(3-4-15-9(17)1-2-10(15)18)14-12-13-7(6-21-12)5-11(19)20/h6H,1-5H2,(H,19,20)(H,13,14,16). The van der Waals surface area contributed by atoms with Gasteiger partial charge in [0, 0.05) is 31.2 Å². The first-order valence-corrected chi connectivity index (χ1v) is 7.13. The van der Waals surface area contributed by atoms with Gasteiger partial charge in [-0.3, -0.25) is 24.1 Å². The lowest BCUT2D eigenvalue weighted by Crippen LogP contribution is -2.32. The number of carboxylic acids is 1. The Bertz CT molecular complexity index is 581. The lowest BCUT2D eigenvalue weighted by atomic mass is 10.3. The van der Waals surface area contributed by atoms with Crippen LogP contribution in [0.3, 0.4) is 0 Å². The van der Waals surface area contributed by atoms with Gasteiger partial charge >= 0.3 is 5.97 Å². The third-order valence-corrected chi connectivity index (χ3v) is 3.65. The molecule has 9 heteroatoms. The van der Waals surface area contributed by atoms with Crippen LogP contribution in [0.5, 0.6) is 0 Å². The summed E-state index contributed by atoms with van der Waals surface area (Å²) in [6.07, 6.45) is 0.186. The highest BCUT2D eigenvalue weighted by Gasteiger charge is 2.28. The molecular weight excluding hydrogens is 298 g/mol. The van der Waals surface area contributed by atoms with E-state index in [0.29, 0.717) is 10.8 Å². The normalized spacial score (nSPS) is 14.6. The van der Waals surface area contributed by atoms with Gasteiger partial charge in [-0.25, -0.2) is 4.98 Å². The van der Waals surface area contributed by atoms with Gasteiger partial charge in [0.15, 0.2) is 5.13 Å². The Labute approximate surface area is 123 Å². The summed E-state index contributed by atoms with van der Waals surface area (Å²) in [6.45, 7) is 0.0524. The first kappa shape index (κ1) is 15.1. The molecule has 3 amide bonds. The van der Waals surface area contributed by atoms with Crippen LogP contribution in [-0.2, 0) is 25.6 Å². The fourth-order valence-corrected chi connectivity index (χ4v) is 2.59. The molecule has 0 aromatic carbocycles. The predicted molar refractivity (Wildman–Crippen MR) is 72.7 cm³/mol. The van der Waals surface area contributed by atoms with Crippen LogP contribution in [0.1, 0.15) is 25.0 Å². The molecule has 2 heterocycles. The van der Waals surface area contributed by atoms with Crippen molar-refractivity contribution >= 4 is 40.2 Å². The number of nitrogens with one attached hydrogen (secondary N) is 1. The number of aliphatic carboxylic acids is 1. The van der Waals surface area contributed by atoms with Crippen LogP contribution in [0.15, 0.2) is 5.38 Å². The number of anilines is 1. The highest BCUT2D eigenvalue weighted by molar-refractivity contribution is 7.13. The van der Waals surface area contributed by atoms with Gasteiger partial charge in [-0.05, 0) is 0 Å². The second-order valence-corrected chi connectivity index (χ2v) is 5.31. The molecule has 0 bridgehead atoms. The van der Waals surface area contributed by atoms with E-state index in [0.717, 1.165) is 16.2 Å². The van der Waals surface area contributed by atoms with Crippen molar-refractivity contribution in [3.63, 3.8) is 0 Å². The van der Waals surface area contributed by atoms with Crippen molar-refractivity contribution in [2.45, 2.75) is 25.7 Å². The zero-order valence-corrected chi connectivity index (χ0v) is 11.8. The summed E-state index contributed by atoms with van der Waals surface area (Å²) in [4.78, 5) is 50.0. The molecule has 112 valence electrons. The number of carboxylic acid groups (broad SMARTS) is 1. The Morgan fingerprint density at radius 2 is 2.00 bits per heavy atom. The molecular formula is C12H13N3O5S. The molecule has 2 rings (SSSR count). The molecule has 0 unspecified atom stereocenters. The Hall–Kier alpha value is -2.29. The fourth-order valence-electron chi connectivity index (χ4n) is 1.87. The van der Waals surface area contributed by atoms with Gasteiger partial charge in [-0.15, -0.1) is 11.3 Å². The monoisotopic (exact) mass is 311 g/mol. The average Bonchev–Trinajstić information content (AvgIpc) is 2.95. The molecule has 1 aromatic heterocycles. The fraction of sp³-hybridized carbons (Fsp3) is 0.417. The highest BCUT2D eigenvalue weighted by Crippen LogP contribution is 2.16. The van der Waals surface area contributed by atoms with Gasteiger partial charge in [0.2, 0.25) is 17.7 Å². The van der Waals surface area contributed by atoms with Crippen LogP contribution in [0.4, 0.5) is 5.13 Å². The minimum atomic E-state index is -0.996. The number of likely N-dealkylation sites (tertiary alicyclic amines) is 1. The Kier molecular flexibility index (Phi) is 4.63. The summed E-state index contributed by atoms with van der Waals surface area (Å²) in [5.41, 5.74) is 0.368. The van der Waals surface area contributed by atoms with E-state index in [1.165, 1.54) is 0 Å². The van der Waals surface area contributed by atoms with Gasteiger partial charge in [-0.2, -0.15) is 0 Å². The largest absolute Gasteiger partial charge is 0.481 e. The lowest BCUT2D eigenvalue weighted by Gasteiger charge is -2.12. The summed E-state index contributed by atoms with van der Waals surface area (Å²) in [5.74, 6) is -1.89. The maximum Gasteiger partial charge on any atom is 0.309 e. The molecule has 8 nitrogen and oxygen atoms in total. The molecule has 1 aromatic rings. The number of nitrogens with zero attached hydrogens (tertiary/aromatic N) is 2. The number of imide groups is 1. The highest BCUT2D eigenvalue weighted by atomic mass is 32.1. The van der Waals surface area contributed by atoms with Crippen molar-refractivity contribution in [2.75, 3.05) is 11.9 Å². The van der Waals surface area contributed by atoms with E-state index < -0.39 is 5.97 Å². The molecule has 1 saturated heterocycles. The van der Waals surface area contributed by atoms with Crippen LogP contribution in [0, 0.1) is 0 Å². The van der Waals surface area contributed by atoms with Crippen LogP contribution in [-0.4, -0.2) is 45.2 Å². The first-order valence-electron chi connectivity index (χ1n) is 6.25. The van der Waals surface area contributed by atoms with Gasteiger partial charge < -0.3 is 10.4 Å². The zero-order chi connectivity index (χ0) is 15.4. The molecule has 21 heavy (non-hydrogen) atoms. The molecule has 1 aliphatic rings. The average molecular weight is 311 g/mol. The molecule has 1 aliphatic heterocycles. The van der Waals surface area contributed by atoms with Crippen LogP contribution < -0.4 is 5.32 Å². The molecule has 2 N–H and O–H groups in total. The molecule has 0 radical (unpaired) electrons. The number of amides is 3. The van der Waals surface area contributed by atoms with Crippen LogP contribution in [0.2, 0.25) is 0 Å². The van der Waals surface area contributed by atoms with E-state index in [1.54, 1.807) is 5.38 Å². The third kappa shape index (κ3) is 4.09. The van der Waals surface area contributed by atoms with Gasteiger partial charge in [0.05, 0.1) is 12.1 Å². The summed E-state index contributed by atoms with van der Waals surface area (Å²) in [7, 11) is 0. The SMILES string of the molecule is O=C(O)Cc1csc(NC(=O)CCN2C(=O)CCC2=O)n1. The lowest BCUT2D eigenvalue weighted by molar-refractivity contribution is -0.139. The minimum Gasteiger partial charge on any atom is -0.481 e. The van der Waals surface area contributed by atoms with Crippen molar-refractivity contribution in [2.24, 2.45) is 0 Å². The minimum absolute atomic E-state index is 0.00861.